The largest absolute Gasteiger partial charge is 0.456 e. The van der Waals surface area contributed by atoms with E-state index in [4.69, 9.17) is 24.4 Å². The van der Waals surface area contributed by atoms with Crippen LogP contribution in [0.2, 0.25) is 0 Å². The lowest BCUT2D eigenvalue weighted by Gasteiger charge is -2.13. The highest BCUT2D eigenvalue weighted by Gasteiger charge is 2.22. The van der Waals surface area contributed by atoms with Crippen LogP contribution in [-0.4, -0.2) is 29.1 Å². The van der Waals surface area contributed by atoms with Crippen molar-refractivity contribution in [1.82, 2.24) is 29.1 Å². The van der Waals surface area contributed by atoms with E-state index >= 15 is 0 Å². The van der Waals surface area contributed by atoms with Crippen molar-refractivity contribution in [3.8, 4) is 78.9 Å². The minimum Gasteiger partial charge on any atom is -0.456 e. The smallest absolute Gasteiger partial charge is 0.235 e. The van der Waals surface area contributed by atoms with Crippen LogP contribution in [0.25, 0.3) is 208 Å². The van der Waals surface area contributed by atoms with E-state index in [-0.39, 0.29) is 0 Å². The van der Waals surface area contributed by atoms with Gasteiger partial charge in [0.1, 0.15) is 11.2 Å². The van der Waals surface area contributed by atoms with Crippen LogP contribution in [0.3, 0.4) is 0 Å². The number of furan rings is 1. The minimum atomic E-state index is 0.660. The summed E-state index contributed by atoms with van der Waals surface area (Å²) in [4.78, 5) is 21.0. The molecule has 6 aromatic heterocycles. The fourth-order valence-corrected chi connectivity index (χ4v) is 16.9. The lowest BCUT2D eigenvalue weighted by atomic mass is 9.98. The predicted molar refractivity (Wildman–Crippen MR) is 436 cm³/mol. The molecule has 0 atom stereocenters. The number of nitrogens with zero attached hydrogens (tertiary/aromatic N) is 6. The second kappa shape index (κ2) is 24.0. The van der Waals surface area contributed by atoms with Crippen molar-refractivity contribution < 1.29 is 4.42 Å². The number of benzene rings is 16. The van der Waals surface area contributed by atoms with Gasteiger partial charge in [-0.15, -0.1) is 11.3 Å². The molecule has 0 aliphatic heterocycles. The molecule has 0 amide bonds. The number of hydrogen-bond acceptors (Lipinski definition) is 6. The molecule has 22 rings (SSSR count). The highest BCUT2D eigenvalue weighted by molar-refractivity contribution is 7.25. The molecule has 0 bridgehead atoms. The third-order valence-electron chi connectivity index (χ3n) is 20.9. The van der Waals surface area contributed by atoms with Gasteiger partial charge in [0.05, 0.1) is 44.5 Å². The highest BCUT2D eigenvalue weighted by Crippen LogP contribution is 2.43. The van der Waals surface area contributed by atoms with Gasteiger partial charge in [-0.3, -0.25) is 9.13 Å². The van der Waals surface area contributed by atoms with Crippen molar-refractivity contribution in [3.63, 3.8) is 0 Å². The molecule has 484 valence electrons. The number of thiophene rings is 1. The molecule has 0 saturated heterocycles. The van der Waals surface area contributed by atoms with Gasteiger partial charge < -0.3 is 4.42 Å². The van der Waals surface area contributed by atoms with E-state index in [1.807, 2.05) is 29.5 Å². The van der Waals surface area contributed by atoms with Gasteiger partial charge in [-0.2, -0.15) is 0 Å². The van der Waals surface area contributed by atoms with Gasteiger partial charge in [0.2, 0.25) is 11.9 Å². The average molecular weight is 1340 g/mol. The summed E-state index contributed by atoms with van der Waals surface area (Å²) in [5, 5.41) is 16.5. The van der Waals surface area contributed by atoms with E-state index in [0.29, 0.717) is 11.9 Å². The molecule has 16 aromatic carbocycles. The van der Waals surface area contributed by atoms with Gasteiger partial charge in [-0.1, -0.05) is 261 Å². The zero-order chi connectivity index (χ0) is 68.3. The second-order valence-electron chi connectivity index (χ2n) is 26.8. The molecule has 7 nitrogen and oxygen atoms in total. The Hall–Kier alpha value is -13.7. The summed E-state index contributed by atoms with van der Waals surface area (Å²) in [6, 6.07) is 125. The van der Waals surface area contributed by atoms with E-state index in [9.17, 15) is 0 Å². The van der Waals surface area contributed by atoms with E-state index in [2.05, 4.69) is 343 Å². The van der Waals surface area contributed by atoms with Crippen LogP contribution in [0.4, 0.5) is 0 Å². The molecule has 0 radical (unpaired) electrons. The number of hydrogen-bond donors (Lipinski definition) is 0. The Balaban J connectivity index is 0.000000134. The molecule has 8 heteroatoms. The Kier molecular flexibility index (Phi) is 13.7. The van der Waals surface area contributed by atoms with Crippen molar-refractivity contribution in [2.75, 3.05) is 0 Å². The Bertz CT molecular complexity index is 7230. The van der Waals surface area contributed by atoms with Gasteiger partial charge in [0.15, 0.2) is 0 Å². The summed E-state index contributed by atoms with van der Waals surface area (Å²) in [6.07, 6.45) is 0. The molecule has 22 aromatic rings. The van der Waals surface area contributed by atoms with Gasteiger partial charge >= 0.3 is 0 Å². The lowest BCUT2D eigenvalue weighted by molar-refractivity contribution is 0.669. The van der Waals surface area contributed by atoms with Gasteiger partial charge in [-0.25, -0.2) is 19.9 Å². The minimum absolute atomic E-state index is 0.660. The molecule has 0 N–H and O–H groups in total. The summed E-state index contributed by atoms with van der Waals surface area (Å²) in [5.74, 6) is 1.33. The third kappa shape index (κ3) is 9.87. The first-order valence-electron chi connectivity index (χ1n) is 35.1. The van der Waals surface area contributed by atoms with Crippen molar-refractivity contribution in [1.29, 1.82) is 0 Å². The van der Waals surface area contributed by atoms with Crippen LogP contribution < -0.4 is 0 Å². The molecule has 0 saturated carbocycles. The molecule has 6 heterocycles. The van der Waals surface area contributed by atoms with Crippen LogP contribution >= 0.6 is 11.3 Å². The molecular weight excluding hydrogens is 1290 g/mol. The van der Waals surface area contributed by atoms with Crippen molar-refractivity contribution in [2.24, 2.45) is 0 Å². The Morgan fingerprint density at radius 3 is 1.27 bits per heavy atom. The van der Waals surface area contributed by atoms with Crippen LogP contribution in [0.5, 0.6) is 0 Å². The highest BCUT2D eigenvalue weighted by atomic mass is 32.1. The topological polar surface area (TPSA) is 74.6 Å². The predicted octanol–water partition coefficient (Wildman–Crippen LogP) is 26.0. The van der Waals surface area contributed by atoms with Crippen LogP contribution in [0, 0.1) is 0 Å². The number of aromatic nitrogens is 6. The van der Waals surface area contributed by atoms with E-state index in [1.165, 1.54) is 91.3 Å². The van der Waals surface area contributed by atoms with E-state index in [1.54, 1.807) is 0 Å². The molecule has 0 unspecified atom stereocenters. The first kappa shape index (κ1) is 59.2. The normalized spacial score (nSPS) is 11.8. The molecule has 0 spiro atoms. The quantitative estimate of drug-likeness (QED) is 0.152. The maximum Gasteiger partial charge on any atom is 0.235 e. The molecule has 0 aliphatic carbocycles. The standard InChI is InChI=1S/C48H29N3O.C48H29N3S/c1-2-12-35-32(10-1)11-9-16-38(35)47-39-15-3-6-17-42(39)49-48(50-47)51-43-18-7-4-13-36(43)40-28-33(24-26-44(40)51)30-20-22-31(23-21-30)34-25-27-46-41(29-34)37-14-5-8-19-45(37)52-46;1-2-10-33-27-36(22-21-30(33)9-1)47-39-13-3-6-14-42(39)49-48(50-47)51-43-15-7-4-11-37(43)40-28-34(23-25-44(40)51)31-17-19-32(20-18-31)35-24-26-46-41(29-35)38-12-5-8-16-45(38)52-46/h2*1-29H. The Morgan fingerprint density at radius 2 is 0.635 bits per heavy atom. The van der Waals surface area contributed by atoms with Crippen molar-refractivity contribution in [2.45, 2.75) is 0 Å². The first-order valence-corrected chi connectivity index (χ1v) is 36.0. The van der Waals surface area contributed by atoms with E-state index < -0.39 is 0 Å². The maximum atomic E-state index is 6.07. The Morgan fingerprint density at radius 1 is 0.221 bits per heavy atom. The Labute approximate surface area is 600 Å². The maximum absolute atomic E-state index is 6.07. The summed E-state index contributed by atoms with van der Waals surface area (Å²) in [6.45, 7) is 0. The molecule has 0 fully saturated rings. The molecular formula is C96H58N6OS. The number of rotatable bonds is 8. The summed E-state index contributed by atoms with van der Waals surface area (Å²) in [5.41, 5.74) is 21.5. The number of para-hydroxylation sites is 5. The third-order valence-corrected chi connectivity index (χ3v) is 22.0. The fourth-order valence-electron chi connectivity index (χ4n) is 15.8. The van der Waals surface area contributed by atoms with Crippen molar-refractivity contribution in [3.05, 3.63) is 352 Å². The summed E-state index contributed by atoms with van der Waals surface area (Å²) in [7, 11) is 0. The fraction of sp³-hybridized carbons (Fsp3) is 0. The lowest BCUT2D eigenvalue weighted by Crippen LogP contribution is -2.03. The first-order chi connectivity index (χ1) is 51.5. The summed E-state index contributed by atoms with van der Waals surface area (Å²) >= 11 is 1.86. The van der Waals surface area contributed by atoms with Crippen LogP contribution in [0.1, 0.15) is 0 Å². The average Bonchev–Trinajstić information content (AvgIpc) is 1.53. The van der Waals surface area contributed by atoms with Crippen LogP contribution in [-0.2, 0) is 0 Å². The zero-order valence-electron chi connectivity index (χ0n) is 56.0. The zero-order valence-corrected chi connectivity index (χ0v) is 56.8. The van der Waals surface area contributed by atoms with Gasteiger partial charge in [0, 0.05) is 74.4 Å². The van der Waals surface area contributed by atoms with Gasteiger partial charge in [-0.05, 0) is 157 Å². The second-order valence-corrected chi connectivity index (χ2v) is 27.9. The molecule has 104 heavy (non-hydrogen) atoms. The van der Waals surface area contributed by atoms with Crippen LogP contribution in [0.15, 0.2) is 356 Å². The van der Waals surface area contributed by atoms with Gasteiger partial charge in [0.25, 0.3) is 0 Å². The molecule has 0 aliphatic rings. The number of fused-ring (bicyclic) bond motifs is 16. The van der Waals surface area contributed by atoms with Crippen molar-refractivity contribution >= 4 is 140 Å². The monoisotopic (exact) mass is 1340 g/mol. The summed E-state index contributed by atoms with van der Waals surface area (Å²) < 4.78 is 13.2. The van der Waals surface area contributed by atoms with E-state index in [0.717, 1.165) is 105 Å². The SMILES string of the molecule is c1ccc2c(-c3nc(-n4c5ccccc5c5cc(-c6ccc(-c7ccc8oc9ccccc9c8c7)cc6)ccc54)nc4ccccc34)cccc2c1.c1ccc2cc(-c3nc(-n4c5ccccc5c5cc(-c6ccc(-c7ccc8sc9ccccc9c8c7)cc6)ccc54)nc4ccccc34)ccc2c1.